The molecule has 0 bridgehead atoms. The Hall–Kier alpha value is -2.82. The van der Waals surface area contributed by atoms with Crippen LogP contribution in [-0.2, 0) is 4.79 Å². The predicted molar refractivity (Wildman–Crippen MR) is 84.4 cm³/mol. The minimum absolute atomic E-state index is 0.0440. The van der Waals surface area contributed by atoms with Gasteiger partial charge >= 0.3 is 6.03 Å². The van der Waals surface area contributed by atoms with Crippen LogP contribution in [0.3, 0.4) is 0 Å². The van der Waals surface area contributed by atoms with Crippen molar-refractivity contribution >= 4 is 29.0 Å². The number of nitrogens with one attached hydrogen (secondary N) is 3. The quantitative estimate of drug-likeness (QED) is 0.801. The van der Waals surface area contributed by atoms with E-state index in [1.807, 2.05) is 30.3 Å². The maximum absolute atomic E-state index is 11.8. The number of benzene rings is 2. The molecule has 2 rings (SSSR count). The molecule has 0 aliphatic heterocycles. The molecule has 0 aliphatic carbocycles. The maximum atomic E-state index is 11.8. The molecule has 5 nitrogen and oxygen atoms in total. The van der Waals surface area contributed by atoms with Gasteiger partial charge in [-0.05, 0) is 36.4 Å². The lowest BCUT2D eigenvalue weighted by Crippen LogP contribution is -2.19. The average Bonchev–Trinajstić information content (AvgIpc) is 2.50. The molecular formula is C16H17N3O2. The monoisotopic (exact) mass is 283 g/mol. The van der Waals surface area contributed by atoms with Gasteiger partial charge in [0.15, 0.2) is 0 Å². The van der Waals surface area contributed by atoms with Crippen molar-refractivity contribution in [3.63, 3.8) is 0 Å². The molecule has 0 saturated heterocycles. The molecule has 3 N–H and O–H groups in total. The smallest absolute Gasteiger partial charge is 0.323 e. The standard InChI is InChI=1S/C16H17N3O2/c1-2-15(20)17-13-8-10-14(11-9-13)19-16(21)18-12-6-4-3-5-7-12/h3-11H,2H2,1H3,(H,17,20)(H2,18,19,21). The van der Waals surface area contributed by atoms with Crippen LogP contribution in [0.5, 0.6) is 0 Å². The summed E-state index contributed by atoms with van der Waals surface area (Å²) in [5.41, 5.74) is 2.08. The fraction of sp³-hybridized carbons (Fsp3) is 0.125. The lowest BCUT2D eigenvalue weighted by Gasteiger charge is -2.08. The molecule has 0 heterocycles. The molecule has 0 unspecified atom stereocenters. The molecule has 0 atom stereocenters. The minimum Gasteiger partial charge on any atom is -0.326 e. The van der Waals surface area contributed by atoms with Gasteiger partial charge in [-0.1, -0.05) is 25.1 Å². The first-order valence-corrected chi connectivity index (χ1v) is 6.70. The Morgan fingerprint density at radius 3 is 1.76 bits per heavy atom. The first-order valence-electron chi connectivity index (χ1n) is 6.70. The Morgan fingerprint density at radius 1 is 0.762 bits per heavy atom. The minimum atomic E-state index is -0.313. The normalized spacial score (nSPS) is 9.76. The van der Waals surface area contributed by atoms with Gasteiger partial charge in [0, 0.05) is 23.5 Å². The van der Waals surface area contributed by atoms with Crippen LogP contribution in [0.25, 0.3) is 0 Å². The van der Waals surface area contributed by atoms with Gasteiger partial charge in [-0.2, -0.15) is 0 Å². The average molecular weight is 283 g/mol. The summed E-state index contributed by atoms with van der Waals surface area (Å²) < 4.78 is 0. The van der Waals surface area contributed by atoms with E-state index in [0.29, 0.717) is 17.8 Å². The van der Waals surface area contributed by atoms with E-state index in [1.54, 1.807) is 31.2 Å². The molecular weight excluding hydrogens is 266 g/mol. The lowest BCUT2D eigenvalue weighted by molar-refractivity contribution is -0.115. The predicted octanol–water partition coefficient (Wildman–Crippen LogP) is 3.68. The van der Waals surface area contributed by atoms with E-state index in [0.717, 1.165) is 5.69 Å². The van der Waals surface area contributed by atoms with Gasteiger partial charge < -0.3 is 16.0 Å². The Balaban J connectivity index is 1.91. The summed E-state index contributed by atoms with van der Waals surface area (Å²) in [4.78, 5) is 23.1. The summed E-state index contributed by atoms with van der Waals surface area (Å²) in [6, 6.07) is 15.8. The number of carbonyl (C=O) groups excluding carboxylic acids is 2. The van der Waals surface area contributed by atoms with E-state index in [4.69, 9.17) is 0 Å². The van der Waals surface area contributed by atoms with Crippen molar-refractivity contribution in [2.45, 2.75) is 13.3 Å². The van der Waals surface area contributed by atoms with Crippen LogP contribution in [0.1, 0.15) is 13.3 Å². The molecule has 0 aromatic heterocycles. The summed E-state index contributed by atoms with van der Waals surface area (Å²) >= 11 is 0. The summed E-state index contributed by atoms with van der Waals surface area (Å²) in [5.74, 6) is -0.0440. The zero-order valence-electron chi connectivity index (χ0n) is 11.7. The SMILES string of the molecule is CCC(=O)Nc1ccc(NC(=O)Nc2ccccc2)cc1. The van der Waals surface area contributed by atoms with Crippen molar-refractivity contribution in [3.8, 4) is 0 Å². The number of para-hydroxylation sites is 1. The van der Waals surface area contributed by atoms with Crippen LogP contribution in [0.2, 0.25) is 0 Å². The summed E-state index contributed by atoms with van der Waals surface area (Å²) in [7, 11) is 0. The first-order chi connectivity index (χ1) is 10.2. The fourth-order valence-corrected chi connectivity index (χ4v) is 1.70. The van der Waals surface area contributed by atoms with Crippen LogP contribution in [0.4, 0.5) is 21.9 Å². The van der Waals surface area contributed by atoms with Crippen molar-refractivity contribution in [1.29, 1.82) is 0 Å². The van der Waals surface area contributed by atoms with Gasteiger partial charge in [0.25, 0.3) is 0 Å². The van der Waals surface area contributed by atoms with Crippen molar-refractivity contribution in [2.75, 3.05) is 16.0 Å². The highest BCUT2D eigenvalue weighted by Crippen LogP contribution is 2.14. The lowest BCUT2D eigenvalue weighted by atomic mass is 10.2. The molecule has 21 heavy (non-hydrogen) atoms. The summed E-state index contributed by atoms with van der Waals surface area (Å²) in [6.07, 6.45) is 0.430. The topological polar surface area (TPSA) is 70.2 Å². The van der Waals surface area contributed by atoms with E-state index >= 15 is 0 Å². The molecule has 2 aromatic rings. The van der Waals surface area contributed by atoms with Gasteiger partial charge in [0.1, 0.15) is 0 Å². The Kier molecular flexibility index (Phi) is 4.93. The number of hydrogen-bond donors (Lipinski definition) is 3. The zero-order chi connectivity index (χ0) is 15.1. The molecule has 3 amide bonds. The van der Waals surface area contributed by atoms with Crippen molar-refractivity contribution in [3.05, 3.63) is 54.6 Å². The van der Waals surface area contributed by atoms with E-state index < -0.39 is 0 Å². The molecule has 0 radical (unpaired) electrons. The van der Waals surface area contributed by atoms with Crippen molar-refractivity contribution < 1.29 is 9.59 Å². The summed E-state index contributed by atoms with van der Waals surface area (Å²) in [5, 5.41) is 8.19. The van der Waals surface area contributed by atoms with Crippen LogP contribution >= 0.6 is 0 Å². The highest BCUT2D eigenvalue weighted by Gasteiger charge is 2.03. The second kappa shape index (κ2) is 7.09. The zero-order valence-corrected chi connectivity index (χ0v) is 11.7. The van der Waals surface area contributed by atoms with Gasteiger partial charge in [-0.15, -0.1) is 0 Å². The second-order valence-electron chi connectivity index (χ2n) is 4.42. The molecule has 0 saturated carbocycles. The molecule has 5 heteroatoms. The Morgan fingerprint density at radius 2 is 1.24 bits per heavy atom. The summed E-state index contributed by atoms with van der Waals surface area (Å²) in [6.45, 7) is 1.79. The Labute approximate surface area is 123 Å². The largest absolute Gasteiger partial charge is 0.326 e. The third-order valence-corrected chi connectivity index (χ3v) is 2.78. The maximum Gasteiger partial charge on any atom is 0.323 e. The molecule has 0 aliphatic rings. The highest BCUT2D eigenvalue weighted by atomic mass is 16.2. The second-order valence-corrected chi connectivity index (χ2v) is 4.42. The van der Waals surface area contributed by atoms with E-state index in [9.17, 15) is 9.59 Å². The number of anilines is 3. The molecule has 108 valence electrons. The number of urea groups is 1. The molecule has 2 aromatic carbocycles. The van der Waals surface area contributed by atoms with Gasteiger partial charge in [0.2, 0.25) is 5.91 Å². The van der Waals surface area contributed by atoms with E-state index in [1.165, 1.54) is 0 Å². The van der Waals surface area contributed by atoms with Crippen LogP contribution in [0, 0.1) is 0 Å². The van der Waals surface area contributed by atoms with Crippen molar-refractivity contribution in [1.82, 2.24) is 0 Å². The highest BCUT2D eigenvalue weighted by molar-refractivity contribution is 6.00. The van der Waals surface area contributed by atoms with Gasteiger partial charge in [0.05, 0.1) is 0 Å². The van der Waals surface area contributed by atoms with Gasteiger partial charge in [-0.25, -0.2) is 4.79 Å². The third kappa shape index (κ3) is 4.65. The number of hydrogen-bond acceptors (Lipinski definition) is 2. The van der Waals surface area contributed by atoms with Crippen LogP contribution in [-0.4, -0.2) is 11.9 Å². The van der Waals surface area contributed by atoms with Gasteiger partial charge in [-0.3, -0.25) is 4.79 Å². The van der Waals surface area contributed by atoms with E-state index in [-0.39, 0.29) is 11.9 Å². The first kappa shape index (κ1) is 14.6. The third-order valence-electron chi connectivity index (χ3n) is 2.78. The Bertz CT molecular complexity index is 609. The van der Waals surface area contributed by atoms with Crippen molar-refractivity contribution in [2.24, 2.45) is 0 Å². The number of amides is 3. The number of carbonyl (C=O) groups is 2. The van der Waals surface area contributed by atoms with E-state index in [2.05, 4.69) is 16.0 Å². The number of rotatable bonds is 4. The van der Waals surface area contributed by atoms with Crippen LogP contribution < -0.4 is 16.0 Å². The molecule has 0 fully saturated rings. The molecule has 0 spiro atoms. The van der Waals surface area contributed by atoms with Crippen LogP contribution in [0.15, 0.2) is 54.6 Å². The fourth-order valence-electron chi connectivity index (χ4n) is 1.70.